The van der Waals surface area contributed by atoms with E-state index in [1.54, 1.807) is 32.9 Å². The molecule has 8 nitrogen and oxygen atoms in total. The zero-order valence-electron chi connectivity index (χ0n) is 25.0. The van der Waals surface area contributed by atoms with E-state index in [2.05, 4.69) is 22.3 Å². The van der Waals surface area contributed by atoms with Crippen LogP contribution in [0.1, 0.15) is 37.5 Å². The van der Waals surface area contributed by atoms with Crippen molar-refractivity contribution in [2.24, 2.45) is 0 Å². The molecule has 3 aromatic rings. The number of amides is 3. The van der Waals surface area contributed by atoms with Crippen LogP contribution in [0.4, 0.5) is 10.5 Å². The predicted octanol–water partition coefficient (Wildman–Crippen LogP) is 5.08. The Labute approximate surface area is 258 Å². The second kappa shape index (κ2) is 13.1. The zero-order chi connectivity index (χ0) is 30.6. The highest BCUT2D eigenvalue weighted by Crippen LogP contribution is 2.26. The van der Waals surface area contributed by atoms with Gasteiger partial charge in [0.05, 0.1) is 6.54 Å². The number of fused-ring (bicyclic) bond motifs is 1. The van der Waals surface area contributed by atoms with E-state index in [4.69, 9.17) is 16.3 Å². The Hall–Kier alpha value is -4.04. The number of piperazine rings is 1. The fourth-order valence-electron chi connectivity index (χ4n) is 5.64. The average molecular weight is 603 g/mol. The maximum atomic E-state index is 14.0. The van der Waals surface area contributed by atoms with E-state index in [0.717, 1.165) is 22.4 Å². The number of para-hydroxylation sites is 1. The molecule has 226 valence electrons. The van der Waals surface area contributed by atoms with Crippen molar-refractivity contribution in [3.63, 3.8) is 0 Å². The van der Waals surface area contributed by atoms with Gasteiger partial charge in [0.15, 0.2) is 0 Å². The number of hydrogen-bond acceptors (Lipinski definition) is 5. The molecule has 0 spiro atoms. The van der Waals surface area contributed by atoms with Crippen molar-refractivity contribution in [3.8, 4) is 0 Å². The van der Waals surface area contributed by atoms with Crippen LogP contribution in [-0.2, 0) is 33.7 Å². The largest absolute Gasteiger partial charge is 0.444 e. The SMILES string of the molecule is CC(C)(C)OC(=O)N1Cc2ccccc2CC1C(=O)NC(Cc1ccc(Cl)cc1)C(=O)N1CCN(c2ccccc2)CC1. The minimum absolute atomic E-state index is 0.143. The number of anilines is 1. The Kier molecular flexibility index (Phi) is 9.25. The van der Waals surface area contributed by atoms with Crippen molar-refractivity contribution < 1.29 is 19.1 Å². The summed E-state index contributed by atoms with van der Waals surface area (Å²) in [7, 11) is 0. The van der Waals surface area contributed by atoms with Crippen LogP contribution >= 0.6 is 11.6 Å². The minimum atomic E-state index is -0.819. The Morgan fingerprint density at radius 1 is 0.884 bits per heavy atom. The van der Waals surface area contributed by atoms with Crippen molar-refractivity contribution in [1.29, 1.82) is 0 Å². The number of carbonyl (C=O) groups excluding carboxylic acids is 3. The first-order valence-electron chi connectivity index (χ1n) is 14.8. The summed E-state index contributed by atoms with van der Waals surface area (Å²) in [5, 5.41) is 3.64. The highest BCUT2D eigenvalue weighted by atomic mass is 35.5. The number of ether oxygens (including phenoxy) is 1. The summed E-state index contributed by atoms with van der Waals surface area (Å²) in [5.41, 5.74) is 3.26. The molecule has 2 unspecified atom stereocenters. The minimum Gasteiger partial charge on any atom is -0.444 e. The molecule has 2 aliphatic rings. The normalized spacial score (nSPS) is 17.6. The lowest BCUT2D eigenvalue weighted by Crippen LogP contribution is -2.59. The fourth-order valence-corrected chi connectivity index (χ4v) is 5.76. The maximum absolute atomic E-state index is 14.0. The number of nitrogens with zero attached hydrogens (tertiary/aromatic N) is 3. The van der Waals surface area contributed by atoms with Crippen LogP contribution in [0.3, 0.4) is 0 Å². The summed E-state index contributed by atoms with van der Waals surface area (Å²) < 4.78 is 5.69. The summed E-state index contributed by atoms with van der Waals surface area (Å²) in [4.78, 5) is 46.9. The van der Waals surface area contributed by atoms with Gasteiger partial charge < -0.3 is 19.9 Å². The number of carbonyl (C=O) groups is 3. The van der Waals surface area contributed by atoms with Gasteiger partial charge in [0, 0.05) is 49.7 Å². The summed E-state index contributed by atoms with van der Waals surface area (Å²) in [5.74, 6) is -0.522. The smallest absolute Gasteiger partial charge is 0.411 e. The first-order chi connectivity index (χ1) is 20.6. The van der Waals surface area contributed by atoms with Crippen LogP contribution in [0.2, 0.25) is 5.02 Å². The van der Waals surface area contributed by atoms with Gasteiger partial charge in [0.25, 0.3) is 0 Å². The van der Waals surface area contributed by atoms with E-state index in [1.807, 2.05) is 59.5 Å². The van der Waals surface area contributed by atoms with Crippen molar-refractivity contribution in [2.45, 2.75) is 57.8 Å². The molecule has 2 heterocycles. The summed E-state index contributed by atoms with van der Waals surface area (Å²) in [6.45, 7) is 8.14. The van der Waals surface area contributed by atoms with Gasteiger partial charge in [-0.1, -0.05) is 66.2 Å². The third-order valence-corrected chi connectivity index (χ3v) is 8.11. The molecule has 2 atom stereocenters. The predicted molar refractivity (Wildman–Crippen MR) is 168 cm³/mol. The molecule has 2 aliphatic heterocycles. The van der Waals surface area contributed by atoms with Crippen molar-refractivity contribution >= 4 is 35.2 Å². The molecule has 0 aliphatic carbocycles. The number of nitrogens with one attached hydrogen (secondary N) is 1. The number of halogens is 1. The van der Waals surface area contributed by atoms with E-state index in [9.17, 15) is 14.4 Å². The summed E-state index contributed by atoms with van der Waals surface area (Å²) >= 11 is 6.12. The van der Waals surface area contributed by atoms with Crippen LogP contribution in [0, 0.1) is 0 Å². The van der Waals surface area contributed by atoms with Gasteiger partial charge in [-0.05, 0) is 61.7 Å². The topological polar surface area (TPSA) is 82.2 Å². The first-order valence-corrected chi connectivity index (χ1v) is 15.2. The quantitative estimate of drug-likeness (QED) is 0.426. The molecular formula is C34H39ClN4O4. The van der Waals surface area contributed by atoms with E-state index >= 15 is 0 Å². The Balaban J connectivity index is 1.36. The second-order valence-electron chi connectivity index (χ2n) is 12.1. The van der Waals surface area contributed by atoms with Crippen molar-refractivity contribution in [1.82, 2.24) is 15.1 Å². The molecule has 5 rings (SSSR count). The second-order valence-corrected chi connectivity index (χ2v) is 12.6. The van der Waals surface area contributed by atoms with Crippen molar-refractivity contribution in [2.75, 3.05) is 31.1 Å². The number of benzene rings is 3. The first kappa shape index (κ1) is 30.4. The highest BCUT2D eigenvalue weighted by Gasteiger charge is 2.39. The maximum Gasteiger partial charge on any atom is 0.411 e. The molecule has 0 saturated carbocycles. The molecule has 1 fully saturated rings. The number of hydrogen-bond donors (Lipinski definition) is 1. The van der Waals surface area contributed by atoms with Gasteiger partial charge >= 0.3 is 6.09 Å². The van der Waals surface area contributed by atoms with Gasteiger partial charge in [-0.3, -0.25) is 14.5 Å². The lowest BCUT2D eigenvalue weighted by molar-refractivity contribution is -0.138. The van der Waals surface area contributed by atoms with Crippen LogP contribution in [0.5, 0.6) is 0 Å². The molecule has 1 saturated heterocycles. The van der Waals surface area contributed by atoms with Gasteiger partial charge in [-0.15, -0.1) is 0 Å². The lowest BCUT2D eigenvalue weighted by Gasteiger charge is -2.39. The van der Waals surface area contributed by atoms with Crippen LogP contribution in [0.25, 0.3) is 0 Å². The van der Waals surface area contributed by atoms with Gasteiger partial charge in [0.2, 0.25) is 11.8 Å². The lowest BCUT2D eigenvalue weighted by atomic mass is 9.93. The molecule has 0 aromatic heterocycles. The molecule has 3 aromatic carbocycles. The highest BCUT2D eigenvalue weighted by molar-refractivity contribution is 6.30. The summed E-state index contributed by atoms with van der Waals surface area (Å²) in [6.07, 6.45) is 0.0784. The average Bonchev–Trinajstić information content (AvgIpc) is 3.00. The standard InChI is InChI=1S/C34H39ClN4O4/c1-34(2,3)43-33(42)39-23-26-10-8-7-9-25(26)22-30(39)31(40)36-29(21-24-13-15-27(35)16-14-24)32(41)38-19-17-37(18-20-38)28-11-5-4-6-12-28/h4-16,29-30H,17-23H2,1-3H3,(H,36,40). The van der Waals surface area contributed by atoms with Gasteiger partial charge in [-0.25, -0.2) is 4.79 Å². The van der Waals surface area contributed by atoms with E-state index in [-0.39, 0.29) is 18.4 Å². The van der Waals surface area contributed by atoms with Gasteiger partial charge in [-0.2, -0.15) is 0 Å². The molecule has 1 N–H and O–H groups in total. The Bertz CT molecular complexity index is 1430. The fraction of sp³-hybridized carbons (Fsp3) is 0.382. The van der Waals surface area contributed by atoms with Crippen molar-refractivity contribution in [3.05, 3.63) is 101 Å². The third kappa shape index (κ3) is 7.68. The van der Waals surface area contributed by atoms with Gasteiger partial charge in [0.1, 0.15) is 17.7 Å². The molecule has 0 radical (unpaired) electrons. The molecule has 0 bridgehead atoms. The zero-order valence-corrected chi connectivity index (χ0v) is 25.7. The molecule has 9 heteroatoms. The third-order valence-electron chi connectivity index (χ3n) is 7.86. The van der Waals surface area contributed by atoms with E-state index < -0.39 is 23.8 Å². The van der Waals surface area contributed by atoms with Crippen LogP contribution in [0.15, 0.2) is 78.9 Å². The molecular weight excluding hydrogens is 564 g/mol. The van der Waals surface area contributed by atoms with E-state index in [1.165, 1.54) is 4.90 Å². The number of rotatable bonds is 6. The van der Waals surface area contributed by atoms with E-state index in [0.29, 0.717) is 44.0 Å². The molecule has 43 heavy (non-hydrogen) atoms. The summed E-state index contributed by atoms with van der Waals surface area (Å²) in [6, 6.07) is 23.6. The van der Waals surface area contributed by atoms with Crippen LogP contribution < -0.4 is 10.2 Å². The molecule has 3 amide bonds. The monoisotopic (exact) mass is 602 g/mol. The van der Waals surface area contributed by atoms with Crippen LogP contribution in [-0.4, -0.2) is 71.6 Å². The Morgan fingerprint density at radius 2 is 1.51 bits per heavy atom. The Morgan fingerprint density at radius 3 is 2.16 bits per heavy atom.